The highest BCUT2D eigenvalue weighted by Gasteiger charge is 2.40. The van der Waals surface area contributed by atoms with Crippen molar-refractivity contribution in [2.45, 2.75) is 25.0 Å². The van der Waals surface area contributed by atoms with E-state index in [1.165, 1.54) is 0 Å². The molecule has 2 rings (SSSR count). The second-order valence-corrected chi connectivity index (χ2v) is 9.75. The Morgan fingerprint density at radius 1 is 1.33 bits per heavy atom. The summed E-state index contributed by atoms with van der Waals surface area (Å²) in [5.41, 5.74) is 1.69. The minimum atomic E-state index is -3.08. The van der Waals surface area contributed by atoms with Crippen molar-refractivity contribution in [3.8, 4) is 0 Å². The highest BCUT2D eigenvalue weighted by molar-refractivity contribution is 14.0. The number of hydrogen-bond donors (Lipinski definition) is 2. The van der Waals surface area contributed by atoms with Crippen molar-refractivity contribution in [3.05, 3.63) is 35.4 Å². The molecule has 1 saturated heterocycles. The van der Waals surface area contributed by atoms with Crippen LogP contribution in [0.1, 0.15) is 29.8 Å². The number of carbonyl (C=O) groups is 1. The van der Waals surface area contributed by atoms with Gasteiger partial charge >= 0.3 is 0 Å². The summed E-state index contributed by atoms with van der Waals surface area (Å²) in [6.45, 7) is 5.02. The van der Waals surface area contributed by atoms with Gasteiger partial charge in [-0.1, -0.05) is 12.1 Å². The van der Waals surface area contributed by atoms with Gasteiger partial charge in [-0.25, -0.2) is 8.42 Å². The smallest absolute Gasteiger partial charge is 0.251 e. The summed E-state index contributed by atoms with van der Waals surface area (Å²) in [7, 11) is 0.234. The average Bonchev–Trinajstić information content (AvgIpc) is 2.61. The Bertz CT molecular complexity index is 794. The number of sulfone groups is 1. The first kappa shape index (κ1) is 23.7. The Hall–Kier alpha value is -1.36. The van der Waals surface area contributed by atoms with Crippen LogP contribution in [0.5, 0.6) is 0 Å². The van der Waals surface area contributed by atoms with Gasteiger partial charge in [-0.05, 0) is 38.0 Å². The van der Waals surface area contributed by atoms with Gasteiger partial charge in [0.15, 0.2) is 15.8 Å². The van der Waals surface area contributed by atoms with E-state index in [0.717, 1.165) is 12.0 Å². The van der Waals surface area contributed by atoms with Crippen LogP contribution in [0.15, 0.2) is 29.3 Å². The molecule has 0 spiro atoms. The van der Waals surface area contributed by atoms with E-state index in [1.807, 2.05) is 23.1 Å². The van der Waals surface area contributed by atoms with Crippen LogP contribution in [0.4, 0.5) is 0 Å². The lowest BCUT2D eigenvalue weighted by Gasteiger charge is -2.39. The number of nitrogens with zero attached hydrogens (tertiary/aromatic N) is 2. The normalized spacial score (nSPS) is 18.4. The summed E-state index contributed by atoms with van der Waals surface area (Å²) in [6, 6.07) is 7.50. The van der Waals surface area contributed by atoms with Crippen LogP contribution in [0.2, 0.25) is 0 Å². The molecule has 7 nitrogen and oxygen atoms in total. The van der Waals surface area contributed by atoms with Crippen LogP contribution in [0.3, 0.4) is 0 Å². The molecule has 0 aromatic heterocycles. The number of hydrogen-bond acceptors (Lipinski definition) is 4. The fraction of sp³-hybridized carbons (Fsp3) is 0.556. The summed E-state index contributed by atoms with van der Waals surface area (Å²) < 4.78 is 23.5. The lowest BCUT2D eigenvalue weighted by Crippen LogP contribution is -2.57. The topological polar surface area (TPSA) is 90.9 Å². The van der Waals surface area contributed by atoms with Crippen molar-refractivity contribution in [3.63, 3.8) is 0 Å². The molecule has 152 valence electrons. The van der Waals surface area contributed by atoms with Gasteiger partial charge in [0.1, 0.15) is 0 Å². The molecular formula is C18H29IN4O3S. The third-order valence-corrected chi connectivity index (χ3v) is 7.20. The van der Waals surface area contributed by atoms with Gasteiger partial charge in [0, 0.05) is 39.3 Å². The maximum absolute atomic E-state index is 12.2. The summed E-state index contributed by atoms with van der Waals surface area (Å²) in [5, 5.41) is 5.92. The van der Waals surface area contributed by atoms with E-state index in [2.05, 4.69) is 15.6 Å². The van der Waals surface area contributed by atoms with Gasteiger partial charge in [-0.3, -0.25) is 9.79 Å². The zero-order valence-electron chi connectivity index (χ0n) is 16.3. The highest BCUT2D eigenvalue weighted by Crippen LogP contribution is 2.23. The van der Waals surface area contributed by atoms with E-state index in [-0.39, 0.29) is 35.6 Å². The molecule has 1 aromatic carbocycles. The molecule has 1 fully saturated rings. The number of nitrogens with one attached hydrogen (secondary N) is 2. The van der Waals surface area contributed by atoms with Gasteiger partial charge < -0.3 is 15.5 Å². The molecule has 27 heavy (non-hydrogen) atoms. The lowest BCUT2D eigenvalue weighted by atomic mass is 10.1. The summed E-state index contributed by atoms with van der Waals surface area (Å²) in [5.74, 6) is 0.734. The van der Waals surface area contributed by atoms with Crippen LogP contribution in [0.25, 0.3) is 0 Å². The van der Waals surface area contributed by atoms with E-state index in [9.17, 15) is 13.2 Å². The molecular weight excluding hydrogens is 479 g/mol. The fourth-order valence-corrected chi connectivity index (χ4v) is 4.35. The van der Waals surface area contributed by atoms with E-state index >= 15 is 0 Å². The predicted octanol–water partition coefficient (Wildman–Crippen LogP) is 1.29. The van der Waals surface area contributed by atoms with Crippen molar-refractivity contribution in [1.82, 2.24) is 15.5 Å². The first-order chi connectivity index (χ1) is 12.2. The highest BCUT2D eigenvalue weighted by atomic mass is 127. The molecule has 0 radical (unpaired) electrons. The van der Waals surface area contributed by atoms with Crippen LogP contribution >= 0.6 is 24.0 Å². The molecule has 2 N–H and O–H groups in total. The SMILES string of the molecule is CN=C(NCCc1cccc(C(=O)NC)c1)N1CCS(=O)(=O)C(C)(C)C1.I. The monoisotopic (exact) mass is 508 g/mol. The van der Waals surface area contributed by atoms with E-state index in [4.69, 9.17) is 0 Å². The zero-order chi connectivity index (χ0) is 19.4. The molecule has 9 heteroatoms. The first-order valence-electron chi connectivity index (χ1n) is 8.69. The number of amides is 1. The maximum Gasteiger partial charge on any atom is 0.251 e. The number of guanidine groups is 1. The third-order valence-electron chi connectivity index (χ3n) is 4.67. The third kappa shape index (κ3) is 5.81. The number of halogens is 1. The maximum atomic E-state index is 12.2. The molecule has 1 aliphatic heterocycles. The van der Waals surface area contributed by atoms with Crippen LogP contribution < -0.4 is 10.6 Å². The molecule has 1 aromatic rings. The first-order valence-corrected chi connectivity index (χ1v) is 10.3. The predicted molar refractivity (Wildman–Crippen MR) is 120 cm³/mol. The number of rotatable bonds is 4. The minimum Gasteiger partial charge on any atom is -0.356 e. The Morgan fingerprint density at radius 2 is 2.04 bits per heavy atom. The van der Waals surface area contributed by atoms with Gasteiger partial charge in [-0.15, -0.1) is 24.0 Å². The van der Waals surface area contributed by atoms with Crippen LogP contribution in [-0.2, 0) is 16.3 Å². The van der Waals surface area contributed by atoms with Gasteiger partial charge in [0.2, 0.25) is 0 Å². The van der Waals surface area contributed by atoms with Crippen LogP contribution in [-0.4, -0.2) is 69.4 Å². The lowest BCUT2D eigenvalue weighted by molar-refractivity contribution is 0.0963. The quantitative estimate of drug-likeness (QED) is 0.364. The largest absolute Gasteiger partial charge is 0.356 e. The number of carbonyl (C=O) groups excluding carboxylic acids is 1. The second kappa shape index (κ2) is 9.72. The Balaban J connectivity index is 0.00000364. The van der Waals surface area contributed by atoms with E-state index in [1.54, 1.807) is 34.0 Å². The number of benzene rings is 1. The van der Waals surface area contributed by atoms with Gasteiger partial charge in [-0.2, -0.15) is 0 Å². The van der Waals surface area contributed by atoms with E-state index < -0.39 is 14.6 Å². The molecule has 0 aliphatic carbocycles. The fourth-order valence-electron chi connectivity index (χ4n) is 2.99. The summed E-state index contributed by atoms with van der Waals surface area (Å²) >= 11 is 0. The molecule has 0 bridgehead atoms. The molecule has 0 saturated carbocycles. The summed E-state index contributed by atoms with van der Waals surface area (Å²) in [4.78, 5) is 18.0. The number of aliphatic imine (C=N–C) groups is 1. The van der Waals surface area contributed by atoms with Gasteiger partial charge in [0.25, 0.3) is 5.91 Å². The van der Waals surface area contributed by atoms with Crippen LogP contribution in [0, 0.1) is 0 Å². The van der Waals surface area contributed by atoms with Crippen molar-refractivity contribution in [2.24, 2.45) is 4.99 Å². The van der Waals surface area contributed by atoms with E-state index in [0.29, 0.717) is 31.2 Å². The van der Waals surface area contributed by atoms with Crippen molar-refractivity contribution < 1.29 is 13.2 Å². The van der Waals surface area contributed by atoms with Crippen molar-refractivity contribution >= 4 is 45.7 Å². The molecule has 0 atom stereocenters. The second-order valence-electron chi connectivity index (χ2n) is 7.00. The van der Waals surface area contributed by atoms with Crippen molar-refractivity contribution in [1.29, 1.82) is 0 Å². The zero-order valence-corrected chi connectivity index (χ0v) is 19.4. The Kier molecular flexibility index (Phi) is 8.52. The average molecular weight is 508 g/mol. The molecule has 1 amide bonds. The Labute approximate surface area is 178 Å². The minimum absolute atomic E-state index is 0. The standard InChI is InChI=1S/C18H28N4O3S.HI/c1-18(2)13-22(10-11-26(18,24)25)17(20-4)21-9-8-14-6-5-7-15(12-14)16(23)19-3;/h5-7,12H,8-11,13H2,1-4H3,(H,19,23)(H,20,21);1H. The van der Waals surface area contributed by atoms with Gasteiger partial charge in [0.05, 0.1) is 10.5 Å². The molecule has 1 aliphatic rings. The van der Waals surface area contributed by atoms with Crippen molar-refractivity contribution in [2.75, 3.05) is 39.5 Å². The Morgan fingerprint density at radius 3 is 2.63 bits per heavy atom. The summed E-state index contributed by atoms with van der Waals surface area (Å²) in [6.07, 6.45) is 0.736. The molecule has 0 unspecified atom stereocenters. The molecule has 1 heterocycles.